The average molecular weight is 334 g/mol. The molecule has 0 aromatic heterocycles. The third-order valence-electron chi connectivity index (χ3n) is 3.70. The van der Waals surface area contributed by atoms with Crippen LogP contribution >= 0.6 is 0 Å². The van der Waals surface area contributed by atoms with E-state index in [4.69, 9.17) is 0 Å². The van der Waals surface area contributed by atoms with Gasteiger partial charge in [-0.1, -0.05) is 19.1 Å². The molecule has 23 heavy (non-hydrogen) atoms. The van der Waals surface area contributed by atoms with Gasteiger partial charge >= 0.3 is 0 Å². The maximum atomic E-state index is 12.4. The molecule has 0 atom stereocenters. The van der Waals surface area contributed by atoms with Gasteiger partial charge in [0.15, 0.2) is 0 Å². The summed E-state index contributed by atoms with van der Waals surface area (Å²) < 4.78 is 27.2. The van der Waals surface area contributed by atoms with Crippen LogP contribution in [0.4, 0.5) is 11.4 Å². The zero-order valence-corrected chi connectivity index (χ0v) is 14.0. The molecule has 0 radical (unpaired) electrons. The molecule has 0 spiro atoms. The van der Waals surface area contributed by atoms with Crippen molar-refractivity contribution in [1.29, 1.82) is 0 Å². The number of sulfonamides is 1. The van der Waals surface area contributed by atoms with E-state index in [1.807, 2.05) is 13.8 Å². The topological polar surface area (TPSA) is 89.3 Å². The summed E-state index contributed by atoms with van der Waals surface area (Å²) in [5.74, 6) is 0. The molecule has 7 heteroatoms. The Labute approximate surface area is 135 Å². The Morgan fingerprint density at radius 3 is 2.35 bits per heavy atom. The minimum atomic E-state index is -3.79. The fraction of sp³-hybridized carbons (Fsp3) is 0.250. The van der Waals surface area contributed by atoms with Gasteiger partial charge in [-0.2, -0.15) is 0 Å². The number of nitro benzene ring substituents is 1. The molecule has 0 aliphatic rings. The van der Waals surface area contributed by atoms with Gasteiger partial charge in [-0.25, -0.2) is 8.42 Å². The molecule has 2 aromatic rings. The normalized spacial score (nSPS) is 11.3. The van der Waals surface area contributed by atoms with Gasteiger partial charge in [-0.3, -0.25) is 14.8 Å². The van der Waals surface area contributed by atoms with Gasteiger partial charge in [0.25, 0.3) is 15.7 Å². The Morgan fingerprint density at radius 1 is 1.09 bits per heavy atom. The van der Waals surface area contributed by atoms with Gasteiger partial charge in [-0.15, -0.1) is 0 Å². The quantitative estimate of drug-likeness (QED) is 0.668. The Hall–Kier alpha value is -2.41. The minimum absolute atomic E-state index is 0.0900. The van der Waals surface area contributed by atoms with Crippen molar-refractivity contribution >= 4 is 21.4 Å². The van der Waals surface area contributed by atoms with Crippen molar-refractivity contribution in [2.24, 2.45) is 0 Å². The largest absolute Gasteiger partial charge is 0.279 e. The molecule has 0 saturated heterocycles. The highest BCUT2D eigenvalue weighted by atomic mass is 32.2. The molecule has 0 saturated carbocycles. The van der Waals surface area contributed by atoms with Crippen LogP contribution in [-0.4, -0.2) is 13.3 Å². The number of nitro groups is 1. The second kappa shape index (κ2) is 6.37. The number of hydrogen-bond acceptors (Lipinski definition) is 4. The van der Waals surface area contributed by atoms with Crippen molar-refractivity contribution in [3.63, 3.8) is 0 Å². The van der Waals surface area contributed by atoms with Crippen molar-refractivity contribution in [2.45, 2.75) is 32.1 Å². The number of hydrogen-bond donors (Lipinski definition) is 1. The third kappa shape index (κ3) is 3.68. The van der Waals surface area contributed by atoms with Crippen LogP contribution in [0.25, 0.3) is 0 Å². The van der Waals surface area contributed by atoms with Crippen molar-refractivity contribution < 1.29 is 13.3 Å². The van der Waals surface area contributed by atoms with Crippen LogP contribution in [0.3, 0.4) is 0 Å². The SMILES string of the molecule is CCc1ccc(NS(=O)(=O)c2ccc(C)c(C)c2)cc1[N+](=O)[O-]. The second-order valence-electron chi connectivity index (χ2n) is 5.31. The molecule has 6 nitrogen and oxygen atoms in total. The lowest BCUT2D eigenvalue weighted by Crippen LogP contribution is -2.13. The van der Waals surface area contributed by atoms with E-state index in [9.17, 15) is 18.5 Å². The predicted octanol–water partition coefficient (Wildman–Crippen LogP) is 3.57. The van der Waals surface area contributed by atoms with E-state index < -0.39 is 14.9 Å². The van der Waals surface area contributed by atoms with Crippen LogP contribution in [0.1, 0.15) is 23.6 Å². The molecule has 0 amide bonds. The first-order valence-electron chi connectivity index (χ1n) is 7.12. The number of benzene rings is 2. The summed E-state index contributed by atoms with van der Waals surface area (Å²) in [4.78, 5) is 10.7. The summed E-state index contributed by atoms with van der Waals surface area (Å²) in [6.07, 6.45) is 0.500. The average Bonchev–Trinajstić information content (AvgIpc) is 2.49. The summed E-state index contributed by atoms with van der Waals surface area (Å²) in [5, 5.41) is 11.1. The van der Waals surface area contributed by atoms with Crippen LogP contribution < -0.4 is 4.72 Å². The Kier molecular flexibility index (Phi) is 4.70. The molecule has 0 fully saturated rings. The zero-order chi connectivity index (χ0) is 17.2. The molecule has 0 unspecified atom stereocenters. The molecule has 0 heterocycles. The lowest BCUT2D eigenvalue weighted by Gasteiger charge is -2.10. The van der Waals surface area contributed by atoms with Crippen molar-refractivity contribution in [1.82, 2.24) is 0 Å². The molecule has 122 valence electrons. The van der Waals surface area contributed by atoms with E-state index in [1.165, 1.54) is 18.2 Å². The number of nitrogens with zero attached hydrogens (tertiary/aromatic N) is 1. The smallest absolute Gasteiger partial charge is 0.274 e. The van der Waals surface area contributed by atoms with Crippen LogP contribution in [0.5, 0.6) is 0 Å². The maximum absolute atomic E-state index is 12.4. The van der Waals surface area contributed by atoms with E-state index in [0.717, 1.165) is 11.1 Å². The van der Waals surface area contributed by atoms with Gasteiger partial charge in [0.05, 0.1) is 15.5 Å². The zero-order valence-electron chi connectivity index (χ0n) is 13.2. The summed E-state index contributed by atoms with van der Waals surface area (Å²) in [7, 11) is -3.79. The van der Waals surface area contributed by atoms with Gasteiger partial charge in [0, 0.05) is 11.6 Å². The van der Waals surface area contributed by atoms with Crippen LogP contribution in [0.15, 0.2) is 41.3 Å². The van der Waals surface area contributed by atoms with Crippen LogP contribution in [0, 0.1) is 24.0 Å². The van der Waals surface area contributed by atoms with Gasteiger partial charge in [0.1, 0.15) is 0 Å². The number of aryl methyl sites for hydroxylation is 3. The highest BCUT2D eigenvalue weighted by Gasteiger charge is 2.18. The minimum Gasteiger partial charge on any atom is -0.279 e. The molecule has 2 aromatic carbocycles. The maximum Gasteiger partial charge on any atom is 0.274 e. The Bertz CT molecular complexity index is 860. The summed E-state index contributed by atoms with van der Waals surface area (Å²) in [6, 6.07) is 9.16. The number of rotatable bonds is 5. The third-order valence-corrected chi connectivity index (χ3v) is 5.08. The van der Waals surface area contributed by atoms with E-state index in [0.29, 0.717) is 12.0 Å². The van der Waals surface area contributed by atoms with Crippen molar-refractivity contribution in [2.75, 3.05) is 4.72 Å². The fourth-order valence-corrected chi connectivity index (χ4v) is 3.33. The molecular formula is C16H18N2O4S. The summed E-state index contributed by atoms with van der Waals surface area (Å²) in [6.45, 7) is 5.53. The van der Waals surface area contributed by atoms with Crippen molar-refractivity contribution in [3.05, 3.63) is 63.2 Å². The van der Waals surface area contributed by atoms with Crippen molar-refractivity contribution in [3.8, 4) is 0 Å². The molecule has 0 aliphatic heterocycles. The van der Waals surface area contributed by atoms with E-state index in [1.54, 1.807) is 25.1 Å². The van der Waals surface area contributed by atoms with Gasteiger partial charge in [0.2, 0.25) is 0 Å². The second-order valence-corrected chi connectivity index (χ2v) is 6.99. The van der Waals surface area contributed by atoms with Gasteiger partial charge < -0.3 is 0 Å². The van der Waals surface area contributed by atoms with E-state index in [-0.39, 0.29) is 16.3 Å². The molecule has 0 bridgehead atoms. The highest BCUT2D eigenvalue weighted by molar-refractivity contribution is 7.92. The van der Waals surface area contributed by atoms with E-state index in [2.05, 4.69) is 4.72 Å². The lowest BCUT2D eigenvalue weighted by molar-refractivity contribution is -0.385. The number of nitrogens with one attached hydrogen (secondary N) is 1. The van der Waals surface area contributed by atoms with Gasteiger partial charge in [-0.05, 0) is 49.6 Å². The Morgan fingerprint density at radius 2 is 1.78 bits per heavy atom. The summed E-state index contributed by atoms with van der Waals surface area (Å²) in [5.41, 5.74) is 2.50. The first-order valence-corrected chi connectivity index (χ1v) is 8.60. The predicted molar refractivity (Wildman–Crippen MR) is 89.2 cm³/mol. The Balaban J connectivity index is 2.39. The monoisotopic (exact) mass is 334 g/mol. The standard InChI is InChI=1S/C16H18N2O4S/c1-4-13-6-7-14(10-16(13)18(19)20)17-23(21,22)15-8-5-11(2)12(3)9-15/h5-10,17H,4H2,1-3H3. The van der Waals surface area contributed by atoms with Crippen LogP contribution in [0.2, 0.25) is 0 Å². The van der Waals surface area contributed by atoms with E-state index >= 15 is 0 Å². The first kappa shape index (κ1) is 17.0. The lowest BCUT2D eigenvalue weighted by atomic mass is 10.1. The van der Waals surface area contributed by atoms with Crippen LogP contribution in [-0.2, 0) is 16.4 Å². The first-order chi connectivity index (χ1) is 10.7. The molecular weight excluding hydrogens is 316 g/mol. The summed E-state index contributed by atoms with van der Waals surface area (Å²) >= 11 is 0. The molecule has 2 rings (SSSR count). The highest BCUT2D eigenvalue weighted by Crippen LogP contribution is 2.26. The molecule has 1 N–H and O–H groups in total. The number of anilines is 1. The fourth-order valence-electron chi connectivity index (χ4n) is 2.19. The molecule has 0 aliphatic carbocycles.